The zero-order valence-corrected chi connectivity index (χ0v) is 26.0. The minimum atomic E-state index is -5.08. The van der Waals surface area contributed by atoms with Gasteiger partial charge in [0.1, 0.15) is 11.9 Å². The number of urea groups is 1. The molecule has 1 aliphatic heterocycles. The number of carbonyl (C=O) groups excluding carboxylic acids is 1. The zero-order valence-electron chi connectivity index (χ0n) is 24.4. The molecule has 0 saturated carbocycles. The maximum absolute atomic E-state index is 13.5. The van der Waals surface area contributed by atoms with Crippen molar-refractivity contribution in [2.75, 3.05) is 55.8 Å². The Morgan fingerprint density at radius 2 is 1.79 bits per heavy atom. The first-order valence-corrected chi connectivity index (χ1v) is 14.2. The quantitative estimate of drug-likeness (QED) is 0.270. The minimum absolute atomic E-state index is 0.00195. The molecule has 0 bridgehead atoms. The number of nitrogens with one attached hydrogen (secondary N) is 1. The van der Waals surface area contributed by atoms with Crippen LogP contribution >= 0.6 is 15.9 Å². The largest absolute Gasteiger partial charge is 0.490 e. The SMILES string of the molecule is CC.CC(C)CN(NC(=O)N(CCCN1CCOCC1)c1ccc(F)cc1)c1nc(C#N)ncc1Br.O=C(O)C(F)(F)F. The van der Waals surface area contributed by atoms with E-state index in [1.807, 2.05) is 33.8 Å². The third-order valence-electron chi connectivity index (χ3n) is 5.45. The van der Waals surface area contributed by atoms with Gasteiger partial charge in [-0.3, -0.25) is 14.8 Å². The molecule has 43 heavy (non-hydrogen) atoms. The number of amides is 2. The van der Waals surface area contributed by atoms with Gasteiger partial charge in [0.2, 0.25) is 5.82 Å². The molecule has 2 amide bonds. The van der Waals surface area contributed by atoms with Crippen LogP contribution in [0.15, 0.2) is 34.9 Å². The van der Waals surface area contributed by atoms with Crippen LogP contribution in [0.3, 0.4) is 0 Å². The highest BCUT2D eigenvalue weighted by molar-refractivity contribution is 9.10. The molecule has 1 fully saturated rings. The Bertz CT molecular complexity index is 1190. The summed E-state index contributed by atoms with van der Waals surface area (Å²) in [5.74, 6) is -2.54. The van der Waals surface area contributed by atoms with Crippen LogP contribution in [0.5, 0.6) is 0 Å². The van der Waals surface area contributed by atoms with Crippen molar-refractivity contribution in [2.24, 2.45) is 5.92 Å². The van der Waals surface area contributed by atoms with E-state index < -0.39 is 12.1 Å². The fraction of sp³-hybridized carbons (Fsp3) is 0.519. The number of anilines is 2. The van der Waals surface area contributed by atoms with Gasteiger partial charge in [-0.15, -0.1) is 0 Å². The van der Waals surface area contributed by atoms with Gasteiger partial charge in [-0.2, -0.15) is 23.4 Å². The molecule has 238 valence electrons. The molecule has 0 aliphatic carbocycles. The molecular weight excluding hydrogens is 642 g/mol. The molecule has 1 aromatic heterocycles. The highest BCUT2D eigenvalue weighted by Gasteiger charge is 2.38. The van der Waals surface area contributed by atoms with Gasteiger partial charge in [-0.25, -0.2) is 24.4 Å². The van der Waals surface area contributed by atoms with Crippen LogP contribution in [0, 0.1) is 23.1 Å². The van der Waals surface area contributed by atoms with Gasteiger partial charge in [0.25, 0.3) is 0 Å². The number of hydrogen-bond donors (Lipinski definition) is 2. The molecule has 2 heterocycles. The maximum Gasteiger partial charge on any atom is 0.490 e. The van der Waals surface area contributed by atoms with Crippen LogP contribution in [0.2, 0.25) is 0 Å². The van der Waals surface area contributed by atoms with Gasteiger partial charge < -0.3 is 9.84 Å². The van der Waals surface area contributed by atoms with E-state index in [-0.39, 0.29) is 23.6 Å². The highest BCUT2D eigenvalue weighted by atomic mass is 79.9. The van der Waals surface area contributed by atoms with Crippen LogP contribution in [0.1, 0.15) is 39.9 Å². The lowest BCUT2D eigenvalue weighted by Crippen LogP contribution is -2.52. The average molecular weight is 679 g/mol. The van der Waals surface area contributed by atoms with E-state index >= 15 is 0 Å². The fourth-order valence-corrected chi connectivity index (χ4v) is 3.98. The lowest BCUT2D eigenvalue weighted by molar-refractivity contribution is -0.192. The number of carbonyl (C=O) groups is 2. The fourth-order valence-electron chi connectivity index (χ4n) is 3.57. The number of hydrogen-bond acceptors (Lipinski definition) is 8. The Balaban J connectivity index is 0.000000901. The summed E-state index contributed by atoms with van der Waals surface area (Å²) in [6.45, 7) is 12.9. The molecule has 3 rings (SSSR count). The smallest absolute Gasteiger partial charge is 0.475 e. The molecule has 11 nitrogen and oxygen atoms in total. The predicted molar refractivity (Wildman–Crippen MR) is 156 cm³/mol. The van der Waals surface area contributed by atoms with Crippen LogP contribution in [-0.4, -0.2) is 84.1 Å². The number of hydrazine groups is 1. The van der Waals surface area contributed by atoms with E-state index in [1.165, 1.54) is 18.3 Å². The summed E-state index contributed by atoms with van der Waals surface area (Å²) in [5, 5.41) is 17.9. The first-order valence-electron chi connectivity index (χ1n) is 13.5. The number of alkyl halides is 3. The van der Waals surface area contributed by atoms with Gasteiger partial charge in [-0.05, 0) is 52.5 Å². The molecule has 2 N–H and O–H groups in total. The van der Waals surface area contributed by atoms with Crippen molar-refractivity contribution in [2.45, 2.75) is 40.3 Å². The molecule has 0 atom stereocenters. The van der Waals surface area contributed by atoms with Gasteiger partial charge in [-0.1, -0.05) is 27.7 Å². The zero-order chi connectivity index (χ0) is 32.6. The van der Waals surface area contributed by atoms with Gasteiger partial charge in [0.15, 0.2) is 5.82 Å². The average Bonchev–Trinajstić information content (AvgIpc) is 2.97. The summed E-state index contributed by atoms with van der Waals surface area (Å²) in [7, 11) is 0. The Morgan fingerprint density at radius 1 is 1.21 bits per heavy atom. The summed E-state index contributed by atoms with van der Waals surface area (Å²) >= 11 is 3.42. The maximum atomic E-state index is 13.5. The Morgan fingerprint density at radius 3 is 2.30 bits per heavy atom. The van der Waals surface area contributed by atoms with E-state index in [9.17, 15) is 27.6 Å². The molecule has 1 aliphatic rings. The molecule has 1 aromatic carbocycles. The number of morpholine rings is 1. The van der Waals surface area contributed by atoms with Crippen molar-refractivity contribution in [3.63, 3.8) is 0 Å². The number of aromatic nitrogens is 2. The Hall–Kier alpha value is -3.55. The molecule has 0 radical (unpaired) electrons. The number of nitriles is 1. The number of aliphatic carboxylic acids is 1. The summed E-state index contributed by atoms with van der Waals surface area (Å²) in [6, 6.07) is 7.40. The van der Waals surface area contributed by atoms with Crippen LogP contribution in [0.25, 0.3) is 0 Å². The number of carboxylic acid groups (broad SMARTS) is 1. The number of rotatable bonds is 9. The van der Waals surface area contributed by atoms with Gasteiger partial charge >= 0.3 is 18.2 Å². The lowest BCUT2D eigenvalue weighted by atomic mass is 10.2. The van der Waals surface area contributed by atoms with Crippen molar-refractivity contribution < 1.29 is 37.0 Å². The second-order valence-electron chi connectivity index (χ2n) is 9.14. The summed E-state index contributed by atoms with van der Waals surface area (Å²) in [6.07, 6.45) is -2.86. The highest BCUT2D eigenvalue weighted by Crippen LogP contribution is 2.23. The second-order valence-corrected chi connectivity index (χ2v) is 9.99. The van der Waals surface area contributed by atoms with Crippen LogP contribution in [-0.2, 0) is 9.53 Å². The van der Waals surface area contributed by atoms with Crippen molar-refractivity contribution >= 4 is 39.4 Å². The van der Waals surface area contributed by atoms with E-state index in [0.717, 1.165) is 26.1 Å². The molecule has 1 saturated heterocycles. The number of benzene rings is 1. The summed E-state index contributed by atoms with van der Waals surface area (Å²) in [5.41, 5.74) is 3.51. The number of halogens is 5. The first kappa shape index (κ1) is 37.5. The molecule has 0 unspecified atom stereocenters. The molecule has 0 spiro atoms. The number of carboxylic acids is 1. The van der Waals surface area contributed by atoms with Crippen molar-refractivity contribution in [3.05, 3.63) is 46.6 Å². The van der Waals surface area contributed by atoms with Crippen molar-refractivity contribution in [3.8, 4) is 6.07 Å². The second kappa shape index (κ2) is 18.9. The van der Waals surface area contributed by atoms with E-state index in [2.05, 4.69) is 36.2 Å². The first-order chi connectivity index (χ1) is 20.3. The molecular formula is C27H36BrF4N7O4. The molecule has 16 heteroatoms. The summed E-state index contributed by atoms with van der Waals surface area (Å²) in [4.78, 5) is 34.5. The number of nitrogens with zero attached hydrogens (tertiary/aromatic N) is 6. The predicted octanol–water partition coefficient (Wildman–Crippen LogP) is 5.23. The van der Waals surface area contributed by atoms with E-state index in [0.29, 0.717) is 42.3 Å². The third kappa shape index (κ3) is 13.5. The normalized spacial score (nSPS) is 13.0. The van der Waals surface area contributed by atoms with Crippen LogP contribution in [0.4, 0.5) is 33.9 Å². The standard InChI is InChI=1S/C23H29BrFN7O2.C2HF3O2.C2H6/c1-17(2)16-32(22-20(24)15-27-21(14-26)28-22)29-23(33)31(19-6-4-18(25)5-7-19)9-3-8-30-10-12-34-13-11-30;3-2(4,5)1(6)7;1-2/h4-7,15,17H,3,8-13,16H2,1-2H3,(H,29,33);(H,6,7);1-2H3. The van der Waals surface area contributed by atoms with E-state index in [1.54, 1.807) is 22.0 Å². The lowest BCUT2D eigenvalue weighted by Gasteiger charge is -2.32. The number of ether oxygens (including phenoxy) is 1. The van der Waals surface area contributed by atoms with E-state index in [4.69, 9.17) is 14.6 Å². The summed E-state index contributed by atoms with van der Waals surface area (Å²) < 4.78 is 51.2. The van der Waals surface area contributed by atoms with Crippen LogP contribution < -0.4 is 15.3 Å². The minimum Gasteiger partial charge on any atom is -0.475 e. The van der Waals surface area contributed by atoms with Crippen molar-refractivity contribution in [1.82, 2.24) is 20.3 Å². The molecule has 2 aromatic rings. The Labute approximate surface area is 256 Å². The van der Waals surface area contributed by atoms with Gasteiger partial charge in [0.05, 0.1) is 17.7 Å². The topological polar surface area (TPSA) is 135 Å². The Kier molecular flexibility index (Phi) is 16.5. The van der Waals surface area contributed by atoms with Gasteiger partial charge in [0, 0.05) is 44.6 Å². The van der Waals surface area contributed by atoms with Crippen molar-refractivity contribution in [1.29, 1.82) is 5.26 Å². The third-order valence-corrected chi connectivity index (χ3v) is 6.00. The monoisotopic (exact) mass is 677 g/mol.